The molecule has 134 valence electrons. The molecule has 0 saturated carbocycles. The number of aliphatic hydroxyl groups is 1. The number of piperazine rings is 1. The first kappa shape index (κ1) is 18.7. The summed E-state index contributed by atoms with van der Waals surface area (Å²) in [6.45, 7) is 8.56. The highest BCUT2D eigenvalue weighted by Crippen LogP contribution is 2.22. The van der Waals surface area contributed by atoms with Gasteiger partial charge in [0, 0.05) is 44.4 Å². The van der Waals surface area contributed by atoms with Gasteiger partial charge in [0.15, 0.2) is 0 Å². The van der Waals surface area contributed by atoms with Gasteiger partial charge >= 0.3 is 0 Å². The zero-order chi connectivity index (χ0) is 17.5. The third kappa shape index (κ3) is 4.68. The number of hydrogen-bond acceptors (Lipinski definition) is 4. The lowest BCUT2D eigenvalue weighted by molar-refractivity contribution is 0.0928. The van der Waals surface area contributed by atoms with Gasteiger partial charge in [0.25, 0.3) is 5.91 Å². The zero-order valence-corrected chi connectivity index (χ0v) is 14.6. The Bertz CT molecular complexity index is 545. The number of carbonyl (C=O) groups excluding carboxylic acids is 1. The van der Waals surface area contributed by atoms with Gasteiger partial charge in [-0.1, -0.05) is 13.8 Å². The van der Waals surface area contributed by atoms with Gasteiger partial charge in [-0.3, -0.25) is 4.79 Å². The fourth-order valence-electron chi connectivity index (χ4n) is 3.01. The average Bonchev–Trinajstić information content (AvgIpc) is 2.61. The first-order chi connectivity index (χ1) is 11.6. The van der Waals surface area contributed by atoms with E-state index in [4.69, 9.17) is 5.11 Å². The van der Waals surface area contributed by atoms with E-state index >= 15 is 0 Å². The molecule has 24 heavy (non-hydrogen) atoms. The first-order valence-electron chi connectivity index (χ1n) is 8.77. The van der Waals surface area contributed by atoms with E-state index in [2.05, 4.69) is 17.1 Å². The standard InChI is InChI=1S/C18H28FN3O2/c1-3-15(7-12-23)20-18(24)14-5-6-17(16(19)13-14)22-10-8-21(4-2)9-11-22/h5-6,13,15,23H,3-4,7-12H2,1-2H3,(H,20,24). The number of carbonyl (C=O) groups is 1. The van der Waals surface area contributed by atoms with Gasteiger partial charge in [-0.2, -0.15) is 0 Å². The normalized spacial score (nSPS) is 16.9. The highest BCUT2D eigenvalue weighted by Gasteiger charge is 2.20. The summed E-state index contributed by atoms with van der Waals surface area (Å²) < 4.78 is 14.5. The number of aliphatic hydroxyl groups excluding tert-OH is 1. The number of anilines is 1. The van der Waals surface area contributed by atoms with Crippen molar-refractivity contribution < 1.29 is 14.3 Å². The Labute approximate surface area is 143 Å². The number of hydrogen-bond donors (Lipinski definition) is 2. The molecule has 1 aliphatic heterocycles. The van der Waals surface area contributed by atoms with Crippen LogP contribution in [0.15, 0.2) is 18.2 Å². The molecule has 2 rings (SSSR count). The molecule has 1 aliphatic rings. The van der Waals surface area contributed by atoms with Crippen molar-refractivity contribution in [1.29, 1.82) is 0 Å². The van der Waals surface area contributed by atoms with Gasteiger partial charge in [-0.15, -0.1) is 0 Å². The molecule has 0 bridgehead atoms. The molecular weight excluding hydrogens is 309 g/mol. The third-order valence-corrected chi connectivity index (χ3v) is 4.68. The van der Waals surface area contributed by atoms with Crippen LogP contribution in [-0.4, -0.2) is 61.3 Å². The predicted molar refractivity (Wildman–Crippen MR) is 94.0 cm³/mol. The lowest BCUT2D eigenvalue weighted by Gasteiger charge is -2.35. The summed E-state index contributed by atoms with van der Waals surface area (Å²) in [7, 11) is 0. The molecule has 0 spiro atoms. The first-order valence-corrected chi connectivity index (χ1v) is 8.77. The summed E-state index contributed by atoms with van der Waals surface area (Å²) in [4.78, 5) is 16.6. The molecule has 1 atom stereocenters. The maximum Gasteiger partial charge on any atom is 0.251 e. The van der Waals surface area contributed by atoms with Crippen LogP contribution in [0.25, 0.3) is 0 Å². The molecule has 6 heteroatoms. The van der Waals surface area contributed by atoms with Crippen molar-refractivity contribution in [2.45, 2.75) is 32.7 Å². The Hall–Kier alpha value is -1.66. The minimum absolute atomic E-state index is 0.0236. The quantitative estimate of drug-likeness (QED) is 0.797. The molecule has 0 aliphatic carbocycles. The summed E-state index contributed by atoms with van der Waals surface area (Å²) in [5, 5.41) is 11.8. The summed E-state index contributed by atoms with van der Waals surface area (Å²) in [5.74, 6) is -0.653. The van der Waals surface area contributed by atoms with Crippen LogP contribution in [0.3, 0.4) is 0 Å². The lowest BCUT2D eigenvalue weighted by Crippen LogP contribution is -2.46. The van der Waals surface area contributed by atoms with Crippen LogP contribution in [0.2, 0.25) is 0 Å². The highest BCUT2D eigenvalue weighted by atomic mass is 19.1. The SMILES string of the molecule is CCC(CCO)NC(=O)c1ccc(N2CCN(CC)CC2)c(F)c1. The van der Waals surface area contributed by atoms with Crippen LogP contribution < -0.4 is 10.2 Å². The molecule has 0 radical (unpaired) electrons. The molecule has 1 amide bonds. The molecule has 1 heterocycles. The summed E-state index contributed by atoms with van der Waals surface area (Å²) in [6.07, 6.45) is 1.24. The predicted octanol–water partition coefficient (Wildman–Crippen LogP) is 1.86. The topological polar surface area (TPSA) is 55.8 Å². The Balaban J connectivity index is 2.02. The van der Waals surface area contributed by atoms with Crippen molar-refractivity contribution in [1.82, 2.24) is 10.2 Å². The summed E-state index contributed by atoms with van der Waals surface area (Å²) in [6, 6.07) is 4.58. The Morgan fingerprint density at radius 1 is 1.29 bits per heavy atom. The minimum Gasteiger partial charge on any atom is -0.396 e. The van der Waals surface area contributed by atoms with E-state index in [0.29, 0.717) is 17.7 Å². The monoisotopic (exact) mass is 337 g/mol. The van der Waals surface area contributed by atoms with Crippen molar-refractivity contribution in [2.75, 3.05) is 44.2 Å². The molecular formula is C18H28FN3O2. The number of rotatable bonds is 7. The van der Waals surface area contributed by atoms with Gasteiger partial charge in [0.1, 0.15) is 5.82 Å². The van der Waals surface area contributed by atoms with E-state index in [0.717, 1.165) is 39.1 Å². The van der Waals surface area contributed by atoms with Crippen LogP contribution in [0.4, 0.5) is 10.1 Å². The van der Waals surface area contributed by atoms with E-state index < -0.39 is 0 Å². The second-order valence-electron chi connectivity index (χ2n) is 6.18. The summed E-state index contributed by atoms with van der Waals surface area (Å²) >= 11 is 0. The smallest absolute Gasteiger partial charge is 0.251 e. The van der Waals surface area contributed by atoms with E-state index in [1.807, 2.05) is 11.8 Å². The zero-order valence-electron chi connectivity index (χ0n) is 14.6. The molecule has 1 saturated heterocycles. The third-order valence-electron chi connectivity index (χ3n) is 4.68. The number of amides is 1. The van der Waals surface area contributed by atoms with Crippen molar-refractivity contribution in [3.63, 3.8) is 0 Å². The fourth-order valence-corrected chi connectivity index (χ4v) is 3.01. The number of nitrogens with zero attached hydrogens (tertiary/aromatic N) is 2. The molecule has 1 aromatic rings. The Kier molecular flexibility index (Phi) is 6.99. The van der Waals surface area contributed by atoms with Crippen LogP contribution in [0, 0.1) is 5.82 Å². The van der Waals surface area contributed by atoms with Gasteiger partial charge in [-0.05, 0) is 37.6 Å². The minimum atomic E-state index is -0.359. The second-order valence-corrected chi connectivity index (χ2v) is 6.18. The van der Waals surface area contributed by atoms with E-state index in [-0.39, 0.29) is 24.4 Å². The van der Waals surface area contributed by atoms with Crippen molar-refractivity contribution >= 4 is 11.6 Å². The highest BCUT2D eigenvalue weighted by molar-refractivity contribution is 5.94. The Morgan fingerprint density at radius 2 is 2.00 bits per heavy atom. The number of likely N-dealkylation sites (N-methyl/N-ethyl adjacent to an activating group) is 1. The largest absolute Gasteiger partial charge is 0.396 e. The van der Waals surface area contributed by atoms with Gasteiger partial charge in [-0.25, -0.2) is 4.39 Å². The number of nitrogens with one attached hydrogen (secondary N) is 1. The van der Waals surface area contributed by atoms with Crippen molar-refractivity contribution in [2.24, 2.45) is 0 Å². The van der Waals surface area contributed by atoms with Crippen LogP contribution in [-0.2, 0) is 0 Å². The number of benzene rings is 1. The molecule has 1 fully saturated rings. The van der Waals surface area contributed by atoms with Gasteiger partial charge in [0.05, 0.1) is 5.69 Å². The number of halogens is 1. The van der Waals surface area contributed by atoms with Crippen LogP contribution in [0.5, 0.6) is 0 Å². The van der Waals surface area contributed by atoms with Gasteiger partial charge in [0.2, 0.25) is 0 Å². The van der Waals surface area contributed by atoms with Crippen LogP contribution >= 0.6 is 0 Å². The Morgan fingerprint density at radius 3 is 2.54 bits per heavy atom. The van der Waals surface area contributed by atoms with E-state index in [9.17, 15) is 9.18 Å². The van der Waals surface area contributed by atoms with Gasteiger partial charge < -0.3 is 20.2 Å². The maximum atomic E-state index is 14.5. The average molecular weight is 337 g/mol. The van der Waals surface area contributed by atoms with Crippen LogP contribution in [0.1, 0.15) is 37.0 Å². The second kappa shape index (κ2) is 8.99. The lowest BCUT2D eigenvalue weighted by atomic mass is 10.1. The molecule has 1 aromatic carbocycles. The van der Waals surface area contributed by atoms with E-state index in [1.54, 1.807) is 12.1 Å². The summed E-state index contributed by atoms with van der Waals surface area (Å²) in [5.41, 5.74) is 0.879. The molecule has 0 aromatic heterocycles. The van der Waals surface area contributed by atoms with Crippen molar-refractivity contribution in [3.8, 4) is 0 Å². The fraction of sp³-hybridized carbons (Fsp3) is 0.611. The molecule has 1 unspecified atom stereocenters. The maximum absolute atomic E-state index is 14.5. The molecule has 2 N–H and O–H groups in total. The van der Waals surface area contributed by atoms with E-state index in [1.165, 1.54) is 6.07 Å². The van der Waals surface area contributed by atoms with Crippen molar-refractivity contribution in [3.05, 3.63) is 29.6 Å². The molecule has 5 nitrogen and oxygen atoms in total.